The van der Waals surface area contributed by atoms with Crippen LogP contribution >= 0.6 is 0 Å². The monoisotopic (exact) mass is 294 g/mol. The number of rotatable bonds is 7. The quantitative estimate of drug-likeness (QED) is 0.783. The minimum Gasteiger partial charge on any atom is -0.465 e. The molecule has 1 atom stereocenters. The number of hydrogen-bond donors (Lipinski definition) is 1. The van der Waals surface area contributed by atoms with E-state index in [0.29, 0.717) is 13.2 Å². The molecular weight excluding hydrogens is 271 g/mol. The maximum atomic E-state index is 13.4. The Morgan fingerprint density at radius 2 is 2.24 bits per heavy atom. The number of carbonyl (C=O) groups excluding carboxylic acids is 1. The van der Waals surface area contributed by atoms with Gasteiger partial charge in [-0.1, -0.05) is 6.07 Å². The molecule has 1 saturated carbocycles. The predicted molar refractivity (Wildman–Crippen MR) is 80.8 cm³/mol. The Bertz CT molecular complexity index is 505. The molecule has 21 heavy (non-hydrogen) atoms. The number of anilines is 1. The van der Waals surface area contributed by atoms with Gasteiger partial charge in [0.1, 0.15) is 11.4 Å². The summed E-state index contributed by atoms with van der Waals surface area (Å²) in [5, 5.41) is 3.17. The number of nitrogens with one attached hydrogen (secondary N) is 1. The van der Waals surface area contributed by atoms with Crippen LogP contribution in [-0.2, 0) is 9.53 Å². The van der Waals surface area contributed by atoms with Gasteiger partial charge < -0.3 is 15.0 Å². The van der Waals surface area contributed by atoms with E-state index in [1.54, 1.807) is 13.1 Å². The molecule has 0 radical (unpaired) electrons. The Kier molecular flexibility index (Phi) is 4.83. The van der Waals surface area contributed by atoms with Gasteiger partial charge >= 0.3 is 5.97 Å². The highest BCUT2D eigenvalue weighted by molar-refractivity contribution is 5.83. The second-order valence-electron chi connectivity index (χ2n) is 5.55. The molecule has 5 heteroatoms. The number of ether oxygens (including phenoxy) is 1. The average molecular weight is 294 g/mol. The first-order valence-corrected chi connectivity index (χ1v) is 7.36. The molecule has 1 aliphatic rings. The fourth-order valence-electron chi connectivity index (χ4n) is 2.76. The third kappa shape index (κ3) is 3.35. The Morgan fingerprint density at radius 3 is 2.76 bits per heavy atom. The summed E-state index contributed by atoms with van der Waals surface area (Å²) in [5.41, 5.74) is 0.0245. The zero-order valence-electron chi connectivity index (χ0n) is 12.9. The molecule has 0 bridgehead atoms. The maximum absolute atomic E-state index is 13.4. The van der Waals surface area contributed by atoms with Crippen molar-refractivity contribution in [3.05, 3.63) is 30.1 Å². The number of halogens is 1. The molecule has 1 unspecified atom stereocenters. The smallest absolute Gasteiger partial charge is 0.328 e. The average Bonchev–Trinajstić information content (AvgIpc) is 3.29. The molecule has 1 N–H and O–H groups in total. The highest BCUT2D eigenvalue weighted by atomic mass is 19.1. The second kappa shape index (κ2) is 6.43. The van der Waals surface area contributed by atoms with Crippen LogP contribution in [-0.4, -0.2) is 38.8 Å². The molecule has 116 valence electrons. The van der Waals surface area contributed by atoms with E-state index in [1.165, 1.54) is 12.1 Å². The zero-order chi connectivity index (χ0) is 15.5. The second-order valence-corrected chi connectivity index (χ2v) is 5.55. The normalized spacial score (nSPS) is 17.1. The predicted octanol–water partition coefficient (Wildman–Crippen LogP) is 2.19. The first-order valence-electron chi connectivity index (χ1n) is 7.36. The Hall–Kier alpha value is -1.62. The maximum Gasteiger partial charge on any atom is 0.328 e. The van der Waals surface area contributed by atoms with Crippen molar-refractivity contribution < 1.29 is 13.9 Å². The number of esters is 1. The van der Waals surface area contributed by atoms with Crippen molar-refractivity contribution in [2.45, 2.75) is 25.3 Å². The summed E-state index contributed by atoms with van der Waals surface area (Å²) in [6.45, 7) is 2.62. The van der Waals surface area contributed by atoms with Crippen molar-refractivity contribution in [1.29, 1.82) is 0 Å². The lowest BCUT2D eigenvalue weighted by Crippen LogP contribution is -2.59. The van der Waals surface area contributed by atoms with Crippen LogP contribution in [0.1, 0.15) is 19.8 Å². The van der Waals surface area contributed by atoms with Gasteiger partial charge in [-0.3, -0.25) is 0 Å². The van der Waals surface area contributed by atoms with E-state index in [2.05, 4.69) is 5.32 Å². The SMILES string of the molecule is CCOC(=O)C(CN(C)c1cccc(F)c1)(NC)C1CC1. The molecular formula is C16H23FN2O2. The molecule has 0 amide bonds. The van der Waals surface area contributed by atoms with Gasteiger partial charge in [0.05, 0.1) is 6.61 Å². The molecule has 1 fully saturated rings. The molecule has 1 aromatic carbocycles. The molecule has 0 heterocycles. The summed E-state index contributed by atoms with van der Waals surface area (Å²) in [4.78, 5) is 14.3. The lowest BCUT2D eigenvalue weighted by molar-refractivity contribution is -0.151. The zero-order valence-corrected chi connectivity index (χ0v) is 12.9. The molecule has 0 spiro atoms. The van der Waals surface area contributed by atoms with E-state index in [0.717, 1.165) is 18.5 Å². The summed E-state index contributed by atoms with van der Waals surface area (Å²) in [7, 11) is 3.65. The topological polar surface area (TPSA) is 41.6 Å². The minimum atomic E-state index is -0.725. The van der Waals surface area contributed by atoms with Crippen molar-refractivity contribution in [1.82, 2.24) is 5.32 Å². The van der Waals surface area contributed by atoms with Gasteiger partial charge in [0, 0.05) is 19.3 Å². The van der Waals surface area contributed by atoms with Crippen LogP contribution in [0.25, 0.3) is 0 Å². The third-order valence-electron chi connectivity index (χ3n) is 4.10. The summed E-state index contributed by atoms with van der Waals surface area (Å²) in [6, 6.07) is 6.39. The van der Waals surface area contributed by atoms with Crippen LogP contribution in [0.4, 0.5) is 10.1 Å². The Balaban J connectivity index is 2.20. The molecule has 0 saturated heterocycles. The van der Waals surface area contributed by atoms with Crippen molar-refractivity contribution in [3.63, 3.8) is 0 Å². The van der Waals surface area contributed by atoms with Gasteiger partial charge in [0.15, 0.2) is 0 Å². The molecule has 2 rings (SSSR count). The number of likely N-dealkylation sites (N-methyl/N-ethyl adjacent to an activating group) is 2. The third-order valence-corrected chi connectivity index (χ3v) is 4.10. The Morgan fingerprint density at radius 1 is 1.52 bits per heavy atom. The van der Waals surface area contributed by atoms with Gasteiger partial charge in [-0.2, -0.15) is 0 Å². The number of benzene rings is 1. The van der Waals surface area contributed by atoms with E-state index in [9.17, 15) is 9.18 Å². The largest absolute Gasteiger partial charge is 0.465 e. The standard InChI is InChI=1S/C16H23FN2O2/c1-4-21-15(20)16(18-2,12-8-9-12)11-19(3)14-7-5-6-13(17)10-14/h5-7,10,12,18H,4,8-9,11H2,1-3H3. The van der Waals surface area contributed by atoms with E-state index in [1.807, 2.05) is 24.9 Å². The summed E-state index contributed by atoms with van der Waals surface area (Å²) in [5.74, 6) is -0.229. The van der Waals surface area contributed by atoms with Crippen LogP contribution in [0, 0.1) is 11.7 Å². The molecule has 4 nitrogen and oxygen atoms in total. The van der Waals surface area contributed by atoms with Crippen molar-refractivity contribution in [2.75, 3.05) is 32.1 Å². The molecule has 0 aliphatic heterocycles. The minimum absolute atomic E-state index is 0.224. The van der Waals surface area contributed by atoms with Crippen LogP contribution < -0.4 is 10.2 Å². The number of carbonyl (C=O) groups is 1. The van der Waals surface area contributed by atoms with E-state index < -0.39 is 5.54 Å². The summed E-state index contributed by atoms with van der Waals surface area (Å²) < 4.78 is 18.6. The fourth-order valence-corrected chi connectivity index (χ4v) is 2.76. The van der Waals surface area contributed by atoms with Crippen LogP contribution in [0.2, 0.25) is 0 Å². The van der Waals surface area contributed by atoms with Crippen LogP contribution in [0.15, 0.2) is 24.3 Å². The lowest BCUT2D eigenvalue weighted by Gasteiger charge is -2.36. The van der Waals surface area contributed by atoms with Crippen LogP contribution in [0.5, 0.6) is 0 Å². The van der Waals surface area contributed by atoms with Gasteiger partial charge in [0.2, 0.25) is 0 Å². The first kappa shape index (κ1) is 15.8. The van der Waals surface area contributed by atoms with Crippen molar-refractivity contribution in [2.24, 2.45) is 5.92 Å². The van der Waals surface area contributed by atoms with Crippen molar-refractivity contribution >= 4 is 11.7 Å². The van der Waals surface area contributed by atoms with Gasteiger partial charge in [-0.15, -0.1) is 0 Å². The number of hydrogen-bond acceptors (Lipinski definition) is 4. The van der Waals surface area contributed by atoms with E-state index in [-0.39, 0.29) is 17.7 Å². The summed E-state index contributed by atoms with van der Waals surface area (Å²) in [6.07, 6.45) is 2.02. The fraction of sp³-hybridized carbons (Fsp3) is 0.562. The molecule has 0 aromatic heterocycles. The van der Waals surface area contributed by atoms with Gasteiger partial charge in [-0.05, 0) is 50.9 Å². The van der Waals surface area contributed by atoms with E-state index >= 15 is 0 Å². The van der Waals surface area contributed by atoms with Gasteiger partial charge in [-0.25, -0.2) is 9.18 Å². The Labute approximate surface area is 125 Å². The van der Waals surface area contributed by atoms with Crippen molar-refractivity contribution in [3.8, 4) is 0 Å². The number of nitrogens with zero attached hydrogens (tertiary/aromatic N) is 1. The highest BCUT2D eigenvalue weighted by Crippen LogP contribution is 2.41. The lowest BCUT2D eigenvalue weighted by atomic mass is 9.92. The van der Waals surface area contributed by atoms with Crippen LogP contribution in [0.3, 0.4) is 0 Å². The van der Waals surface area contributed by atoms with E-state index in [4.69, 9.17) is 4.74 Å². The summed E-state index contributed by atoms with van der Waals surface area (Å²) >= 11 is 0. The highest BCUT2D eigenvalue weighted by Gasteiger charge is 2.51. The molecule has 1 aromatic rings. The first-order chi connectivity index (χ1) is 10.0. The van der Waals surface area contributed by atoms with Gasteiger partial charge in [0.25, 0.3) is 0 Å². The molecule has 1 aliphatic carbocycles.